The summed E-state index contributed by atoms with van der Waals surface area (Å²) in [5.74, 6) is 0.794. The van der Waals surface area contributed by atoms with Crippen molar-refractivity contribution >= 4 is 17.3 Å². The largest absolute Gasteiger partial charge is 0.383 e. The first kappa shape index (κ1) is 14.3. The van der Waals surface area contributed by atoms with E-state index in [1.54, 1.807) is 24.1 Å². The highest BCUT2D eigenvalue weighted by Crippen LogP contribution is 2.28. The number of nitrogens with zero attached hydrogens (tertiary/aromatic N) is 2. The predicted molar refractivity (Wildman–Crippen MR) is 76.9 cm³/mol. The number of likely N-dealkylation sites (tertiary alicyclic amines) is 1. The monoisotopic (exact) mass is 277 g/mol. The maximum atomic E-state index is 12.4. The standard InChI is InChI=1S/C14H19N3O3/c1-9-7-16(8-10(9)2)14(18)11-4-5-12(15-3)13(6-11)17(19)20/h4-6,9-10,15H,7-8H2,1-3H3. The predicted octanol–water partition coefficient (Wildman–Crippen LogP) is 2.36. The third-order valence-corrected chi connectivity index (χ3v) is 3.99. The van der Waals surface area contributed by atoms with Gasteiger partial charge in [0.25, 0.3) is 11.6 Å². The number of nitrogens with one attached hydrogen (secondary N) is 1. The molecule has 1 aromatic carbocycles. The first-order valence-corrected chi connectivity index (χ1v) is 6.69. The first-order chi connectivity index (χ1) is 9.43. The van der Waals surface area contributed by atoms with E-state index in [2.05, 4.69) is 19.2 Å². The lowest BCUT2D eigenvalue weighted by molar-refractivity contribution is -0.384. The van der Waals surface area contributed by atoms with Crippen LogP contribution in [0.4, 0.5) is 11.4 Å². The van der Waals surface area contributed by atoms with Crippen molar-refractivity contribution in [2.75, 3.05) is 25.5 Å². The summed E-state index contributed by atoms with van der Waals surface area (Å²) in [5, 5.41) is 13.8. The van der Waals surface area contributed by atoms with Gasteiger partial charge in [0, 0.05) is 31.8 Å². The van der Waals surface area contributed by atoms with Crippen LogP contribution >= 0.6 is 0 Å². The quantitative estimate of drug-likeness (QED) is 0.679. The fraction of sp³-hybridized carbons (Fsp3) is 0.500. The van der Waals surface area contributed by atoms with Crippen molar-refractivity contribution in [3.8, 4) is 0 Å². The molecule has 0 bridgehead atoms. The first-order valence-electron chi connectivity index (χ1n) is 6.69. The number of anilines is 1. The van der Waals surface area contributed by atoms with Gasteiger partial charge in [0.15, 0.2) is 0 Å². The van der Waals surface area contributed by atoms with E-state index in [9.17, 15) is 14.9 Å². The van der Waals surface area contributed by atoms with Crippen molar-refractivity contribution in [3.63, 3.8) is 0 Å². The van der Waals surface area contributed by atoms with E-state index in [0.717, 1.165) is 0 Å². The van der Waals surface area contributed by atoms with E-state index >= 15 is 0 Å². The average molecular weight is 277 g/mol. The van der Waals surface area contributed by atoms with Gasteiger partial charge in [-0.2, -0.15) is 0 Å². The molecule has 2 rings (SSSR count). The number of amides is 1. The Morgan fingerprint density at radius 1 is 1.35 bits per heavy atom. The fourth-order valence-corrected chi connectivity index (χ4v) is 2.51. The minimum atomic E-state index is -0.474. The normalized spacial score (nSPS) is 21.9. The molecule has 0 radical (unpaired) electrons. The molecule has 20 heavy (non-hydrogen) atoms. The van der Waals surface area contributed by atoms with Crippen molar-refractivity contribution < 1.29 is 9.72 Å². The van der Waals surface area contributed by atoms with Crippen molar-refractivity contribution in [3.05, 3.63) is 33.9 Å². The topological polar surface area (TPSA) is 75.5 Å². The van der Waals surface area contributed by atoms with Gasteiger partial charge in [-0.15, -0.1) is 0 Å². The molecule has 1 saturated heterocycles. The van der Waals surface area contributed by atoms with E-state index in [0.29, 0.717) is 36.2 Å². The Bertz CT molecular complexity index is 534. The molecular formula is C14H19N3O3. The third kappa shape index (κ3) is 2.59. The highest BCUT2D eigenvalue weighted by Gasteiger charge is 2.30. The van der Waals surface area contributed by atoms with Crippen LogP contribution in [0.5, 0.6) is 0 Å². The molecule has 0 spiro atoms. The summed E-state index contributed by atoms with van der Waals surface area (Å²) < 4.78 is 0. The van der Waals surface area contributed by atoms with Crippen LogP contribution in [0.3, 0.4) is 0 Å². The van der Waals surface area contributed by atoms with Crippen LogP contribution in [0.2, 0.25) is 0 Å². The summed E-state index contributed by atoms with van der Waals surface area (Å²) in [7, 11) is 1.62. The van der Waals surface area contributed by atoms with Crippen LogP contribution in [-0.4, -0.2) is 35.9 Å². The maximum absolute atomic E-state index is 12.4. The maximum Gasteiger partial charge on any atom is 0.293 e. The number of carbonyl (C=O) groups excluding carboxylic acids is 1. The zero-order valence-corrected chi connectivity index (χ0v) is 11.9. The van der Waals surface area contributed by atoms with Crippen LogP contribution < -0.4 is 5.32 Å². The molecular weight excluding hydrogens is 258 g/mol. The highest BCUT2D eigenvalue weighted by molar-refractivity contribution is 5.96. The lowest BCUT2D eigenvalue weighted by Crippen LogP contribution is -2.28. The molecule has 1 fully saturated rings. The molecule has 2 unspecified atom stereocenters. The van der Waals surface area contributed by atoms with Gasteiger partial charge < -0.3 is 10.2 Å². The van der Waals surface area contributed by atoms with E-state index in [1.165, 1.54) is 6.07 Å². The van der Waals surface area contributed by atoms with Gasteiger partial charge in [0.1, 0.15) is 5.69 Å². The molecule has 0 aliphatic carbocycles. The third-order valence-electron chi connectivity index (χ3n) is 3.99. The van der Waals surface area contributed by atoms with Crippen LogP contribution in [0.25, 0.3) is 0 Å². The van der Waals surface area contributed by atoms with Gasteiger partial charge in [-0.25, -0.2) is 0 Å². The summed E-state index contributed by atoms with van der Waals surface area (Å²) in [6.45, 7) is 5.65. The van der Waals surface area contributed by atoms with Gasteiger partial charge in [0.05, 0.1) is 4.92 Å². The number of hydrogen-bond acceptors (Lipinski definition) is 4. The van der Waals surface area contributed by atoms with Gasteiger partial charge >= 0.3 is 0 Å². The number of nitro benzene ring substituents is 1. The van der Waals surface area contributed by atoms with Crippen molar-refractivity contribution in [1.82, 2.24) is 4.90 Å². The lowest BCUT2D eigenvalue weighted by atomic mass is 10.0. The summed E-state index contributed by atoms with van der Waals surface area (Å²) in [6, 6.07) is 4.56. The number of hydrogen-bond donors (Lipinski definition) is 1. The summed E-state index contributed by atoms with van der Waals surface area (Å²) in [4.78, 5) is 24.7. The Kier molecular flexibility index (Phi) is 3.92. The number of carbonyl (C=O) groups is 1. The molecule has 6 heteroatoms. The van der Waals surface area contributed by atoms with Crippen molar-refractivity contribution in [2.45, 2.75) is 13.8 Å². The minimum Gasteiger partial charge on any atom is -0.383 e. The molecule has 108 valence electrons. The summed E-state index contributed by atoms with van der Waals surface area (Å²) in [5.41, 5.74) is 0.713. The molecule has 0 saturated carbocycles. The number of benzene rings is 1. The molecule has 1 aromatic rings. The highest BCUT2D eigenvalue weighted by atomic mass is 16.6. The second-order valence-corrected chi connectivity index (χ2v) is 5.40. The van der Waals surface area contributed by atoms with Gasteiger partial charge in [0.2, 0.25) is 0 Å². The zero-order chi connectivity index (χ0) is 14.9. The molecule has 1 heterocycles. The second-order valence-electron chi connectivity index (χ2n) is 5.40. The Morgan fingerprint density at radius 3 is 2.45 bits per heavy atom. The summed E-state index contributed by atoms with van der Waals surface area (Å²) >= 11 is 0. The Hall–Kier alpha value is -2.11. The fourth-order valence-electron chi connectivity index (χ4n) is 2.51. The molecule has 2 atom stereocenters. The van der Waals surface area contributed by atoms with Crippen LogP contribution in [-0.2, 0) is 0 Å². The minimum absolute atomic E-state index is 0.0707. The van der Waals surface area contributed by atoms with Crippen LogP contribution in [0.15, 0.2) is 18.2 Å². The van der Waals surface area contributed by atoms with E-state index in [-0.39, 0.29) is 11.6 Å². The molecule has 6 nitrogen and oxygen atoms in total. The van der Waals surface area contributed by atoms with E-state index in [4.69, 9.17) is 0 Å². The molecule has 0 aromatic heterocycles. The molecule has 1 aliphatic heterocycles. The Labute approximate surface area is 117 Å². The average Bonchev–Trinajstić information content (AvgIpc) is 2.77. The van der Waals surface area contributed by atoms with Gasteiger partial charge in [-0.05, 0) is 24.0 Å². The number of rotatable bonds is 3. The SMILES string of the molecule is CNc1ccc(C(=O)N2CC(C)C(C)C2)cc1[N+](=O)[O-]. The van der Waals surface area contributed by atoms with Crippen LogP contribution in [0.1, 0.15) is 24.2 Å². The molecule has 1 N–H and O–H groups in total. The number of nitro groups is 1. The van der Waals surface area contributed by atoms with Crippen LogP contribution in [0, 0.1) is 22.0 Å². The van der Waals surface area contributed by atoms with Gasteiger partial charge in [-0.1, -0.05) is 13.8 Å². The smallest absolute Gasteiger partial charge is 0.293 e. The molecule has 1 amide bonds. The van der Waals surface area contributed by atoms with Crippen molar-refractivity contribution in [1.29, 1.82) is 0 Å². The van der Waals surface area contributed by atoms with E-state index in [1.807, 2.05) is 0 Å². The lowest BCUT2D eigenvalue weighted by Gasteiger charge is -2.16. The Morgan fingerprint density at radius 2 is 1.95 bits per heavy atom. The Balaban J connectivity index is 2.27. The zero-order valence-electron chi connectivity index (χ0n) is 11.9. The van der Waals surface area contributed by atoms with Gasteiger partial charge in [-0.3, -0.25) is 14.9 Å². The second kappa shape index (κ2) is 5.48. The van der Waals surface area contributed by atoms with Crippen molar-refractivity contribution in [2.24, 2.45) is 11.8 Å². The summed E-state index contributed by atoms with van der Waals surface area (Å²) in [6.07, 6.45) is 0. The molecule has 1 aliphatic rings. The van der Waals surface area contributed by atoms with E-state index < -0.39 is 4.92 Å².